The lowest BCUT2D eigenvalue weighted by Crippen LogP contribution is -2.16. The molecule has 0 heterocycles. The van der Waals surface area contributed by atoms with Crippen molar-refractivity contribution in [3.63, 3.8) is 0 Å². The molecule has 0 fully saturated rings. The second-order valence-electron chi connectivity index (χ2n) is 4.35. The van der Waals surface area contributed by atoms with Crippen molar-refractivity contribution in [1.82, 2.24) is 0 Å². The van der Waals surface area contributed by atoms with E-state index < -0.39 is 18.8 Å². The van der Waals surface area contributed by atoms with E-state index in [0.29, 0.717) is 0 Å². The van der Waals surface area contributed by atoms with E-state index in [1.54, 1.807) is 12.1 Å². The molecule has 0 spiro atoms. The second kappa shape index (κ2) is 6.06. The molecule has 0 saturated carbocycles. The summed E-state index contributed by atoms with van der Waals surface area (Å²) in [5, 5.41) is 0. The fourth-order valence-electron chi connectivity index (χ4n) is 1.96. The van der Waals surface area contributed by atoms with Gasteiger partial charge in [0.15, 0.2) is 0 Å². The average molecular weight is 312 g/mol. The van der Waals surface area contributed by atoms with Crippen LogP contribution in [0.1, 0.15) is 5.56 Å². The van der Waals surface area contributed by atoms with E-state index >= 15 is 0 Å². The first kappa shape index (κ1) is 15.8. The minimum absolute atomic E-state index is 0.408. The normalized spacial score (nSPS) is 12.4. The highest BCUT2D eigenvalue weighted by Gasteiger charge is 2.53. The van der Waals surface area contributed by atoms with Crippen molar-refractivity contribution in [2.75, 3.05) is 14.2 Å². The second-order valence-corrected chi connectivity index (χ2v) is 6.63. The zero-order valence-electron chi connectivity index (χ0n) is 11.6. The molecular weight excluding hydrogens is 297 g/mol. The van der Waals surface area contributed by atoms with Gasteiger partial charge in [0.25, 0.3) is 0 Å². The SMILES string of the molecule is COP(=O)(OC)C(F)(F)c1ccc(-c2ccccc2)cc1. The summed E-state index contributed by atoms with van der Waals surface area (Å²) < 4.78 is 49.2. The van der Waals surface area contributed by atoms with Gasteiger partial charge in [0, 0.05) is 19.8 Å². The van der Waals surface area contributed by atoms with Gasteiger partial charge in [0.1, 0.15) is 0 Å². The maximum absolute atomic E-state index is 14.2. The van der Waals surface area contributed by atoms with Crippen LogP contribution in [0.2, 0.25) is 0 Å². The molecule has 6 heteroatoms. The van der Waals surface area contributed by atoms with Gasteiger partial charge in [-0.25, -0.2) is 0 Å². The van der Waals surface area contributed by atoms with Gasteiger partial charge in [-0.2, -0.15) is 8.78 Å². The van der Waals surface area contributed by atoms with Crippen molar-refractivity contribution in [2.24, 2.45) is 0 Å². The number of benzene rings is 2. The fourth-order valence-corrected chi connectivity index (χ4v) is 3.03. The van der Waals surface area contributed by atoms with Crippen LogP contribution < -0.4 is 0 Å². The summed E-state index contributed by atoms with van der Waals surface area (Å²) in [5.74, 6) is 0. The lowest BCUT2D eigenvalue weighted by atomic mass is 10.0. The summed E-state index contributed by atoms with van der Waals surface area (Å²) in [6, 6.07) is 14.9. The monoisotopic (exact) mass is 312 g/mol. The van der Waals surface area contributed by atoms with E-state index in [9.17, 15) is 13.3 Å². The summed E-state index contributed by atoms with van der Waals surface area (Å²) in [4.78, 5) is 0. The molecule has 21 heavy (non-hydrogen) atoms. The van der Waals surface area contributed by atoms with Crippen LogP contribution in [-0.4, -0.2) is 14.2 Å². The first-order valence-corrected chi connectivity index (χ1v) is 7.74. The van der Waals surface area contributed by atoms with Gasteiger partial charge in [0.2, 0.25) is 0 Å². The Kier molecular flexibility index (Phi) is 4.57. The van der Waals surface area contributed by atoms with Crippen LogP contribution >= 0.6 is 7.60 Å². The molecule has 0 radical (unpaired) electrons. The summed E-state index contributed by atoms with van der Waals surface area (Å²) in [5.41, 5.74) is -2.41. The molecule has 112 valence electrons. The van der Waals surface area contributed by atoms with Crippen molar-refractivity contribution in [2.45, 2.75) is 5.66 Å². The zero-order valence-corrected chi connectivity index (χ0v) is 12.5. The van der Waals surface area contributed by atoms with Gasteiger partial charge in [0.05, 0.1) is 0 Å². The fraction of sp³-hybridized carbons (Fsp3) is 0.200. The molecule has 0 atom stereocenters. The van der Waals surface area contributed by atoms with Crippen molar-refractivity contribution in [3.05, 3.63) is 60.2 Å². The summed E-state index contributed by atoms with van der Waals surface area (Å²) in [6.07, 6.45) is 0. The Bertz CT molecular complexity index is 634. The number of alkyl halides is 2. The summed E-state index contributed by atoms with van der Waals surface area (Å²) in [6.45, 7) is 0. The summed E-state index contributed by atoms with van der Waals surface area (Å²) in [7, 11) is -2.64. The Labute approximate surface area is 122 Å². The maximum Gasteiger partial charge on any atom is 0.403 e. The van der Waals surface area contributed by atoms with Gasteiger partial charge in [-0.3, -0.25) is 4.57 Å². The molecule has 0 saturated heterocycles. The predicted octanol–water partition coefficient (Wildman–Crippen LogP) is 4.89. The molecule has 0 aromatic heterocycles. The van der Waals surface area contributed by atoms with Crippen LogP contribution in [0.5, 0.6) is 0 Å². The lowest BCUT2D eigenvalue weighted by Gasteiger charge is -2.24. The van der Waals surface area contributed by atoms with E-state index in [1.165, 1.54) is 12.1 Å². The Hall–Kier alpha value is -1.55. The van der Waals surface area contributed by atoms with Gasteiger partial charge in [-0.05, 0) is 11.1 Å². The van der Waals surface area contributed by atoms with Crippen LogP contribution in [0.15, 0.2) is 54.6 Å². The quantitative estimate of drug-likeness (QED) is 0.737. The lowest BCUT2D eigenvalue weighted by molar-refractivity contribution is 0.0454. The molecular formula is C15H15F2O3P. The van der Waals surface area contributed by atoms with Crippen molar-refractivity contribution < 1.29 is 22.4 Å². The third-order valence-corrected chi connectivity index (χ3v) is 5.07. The first-order chi connectivity index (χ1) is 9.94. The molecule has 0 unspecified atom stereocenters. The van der Waals surface area contributed by atoms with E-state index in [-0.39, 0.29) is 0 Å². The Morgan fingerprint density at radius 3 is 1.81 bits per heavy atom. The van der Waals surface area contributed by atoms with Crippen LogP contribution in [0.4, 0.5) is 8.78 Å². The van der Waals surface area contributed by atoms with Crippen molar-refractivity contribution in [1.29, 1.82) is 0 Å². The molecule has 0 aliphatic rings. The molecule has 0 aliphatic carbocycles. The topological polar surface area (TPSA) is 35.5 Å². The van der Waals surface area contributed by atoms with Crippen molar-refractivity contribution >= 4 is 7.60 Å². The number of rotatable bonds is 5. The molecule has 2 aromatic rings. The number of halogens is 2. The molecule has 2 rings (SSSR count). The Morgan fingerprint density at radius 1 is 0.857 bits per heavy atom. The predicted molar refractivity (Wildman–Crippen MR) is 77.4 cm³/mol. The molecule has 0 aliphatic heterocycles. The maximum atomic E-state index is 14.2. The molecule has 0 bridgehead atoms. The number of hydrogen-bond donors (Lipinski definition) is 0. The van der Waals surface area contributed by atoms with Gasteiger partial charge >= 0.3 is 13.3 Å². The van der Waals surface area contributed by atoms with Crippen LogP contribution in [0.25, 0.3) is 11.1 Å². The largest absolute Gasteiger partial charge is 0.403 e. The van der Waals surface area contributed by atoms with Crippen molar-refractivity contribution in [3.8, 4) is 11.1 Å². The van der Waals surface area contributed by atoms with Crippen LogP contribution in [-0.2, 0) is 19.3 Å². The standard InChI is InChI=1S/C15H15F2O3P/c1-19-21(18,20-2)15(16,17)14-10-8-13(9-11-14)12-6-4-3-5-7-12/h3-11H,1-2H3. The zero-order chi connectivity index (χ0) is 15.5. The average Bonchev–Trinajstić information content (AvgIpc) is 2.54. The smallest absolute Gasteiger partial charge is 0.308 e. The molecule has 0 N–H and O–H groups in total. The highest BCUT2D eigenvalue weighted by Crippen LogP contribution is 2.65. The minimum atomic E-state index is -4.53. The third kappa shape index (κ3) is 2.91. The number of hydrogen-bond acceptors (Lipinski definition) is 3. The minimum Gasteiger partial charge on any atom is -0.308 e. The molecule has 2 aromatic carbocycles. The van der Waals surface area contributed by atoms with Gasteiger partial charge < -0.3 is 9.05 Å². The van der Waals surface area contributed by atoms with E-state index in [0.717, 1.165) is 25.3 Å². The van der Waals surface area contributed by atoms with E-state index in [4.69, 9.17) is 0 Å². The van der Waals surface area contributed by atoms with Crippen LogP contribution in [0.3, 0.4) is 0 Å². The Balaban J connectivity index is 2.37. The van der Waals surface area contributed by atoms with E-state index in [2.05, 4.69) is 9.05 Å². The summed E-state index contributed by atoms with van der Waals surface area (Å²) >= 11 is 0. The third-order valence-electron chi connectivity index (χ3n) is 3.16. The molecule has 0 amide bonds. The first-order valence-electron chi connectivity index (χ1n) is 6.20. The highest BCUT2D eigenvalue weighted by atomic mass is 31.2. The van der Waals surface area contributed by atoms with E-state index in [1.807, 2.05) is 30.3 Å². The highest BCUT2D eigenvalue weighted by molar-refractivity contribution is 7.54. The Morgan fingerprint density at radius 2 is 1.33 bits per heavy atom. The molecule has 3 nitrogen and oxygen atoms in total. The van der Waals surface area contributed by atoms with Gasteiger partial charge in [-0.15, -0.1) is 0 Å². The van der Waals surface area contributed by atoms with Crippen LogP contribution in [0, 0.1) is 0 Å². The van der Waals surface area contributed by atoms with Gasteiger partial charge in [-0.1, -0.05) is 54.6 Å².